The third kappa shape index (κ3) is 5.56. The molecule has 0 aliphatic heterocycles. The quantitative estimate of drug-likeness (QED) is 0.474. The predicted octanol–water partition coefficient (Wildman–Crippen LogP) is 4.47. The van der Waals surface area contributed by atoms with Crippen molar-refractivity contribution < 1.29 is 18.8 Å². The van der Waals surface area contributed by atoms with Crippen LogP contribution in [0.2, 0.25) is 0 Å². The number of carbonyl (C=O) groups is 3. The summed E-state index contributed by atoms with van der Waals surface area (Å²) in [5, 5.41) is 7.67. The topological polar surface area (TPSA) is 91.7 Å². The van der Waals surface area contributed by atoms with E-state index in [1.54, 1.807) is 6.07 Å². The first kappa shape index (κ1) is 23.8. The fraction of sp³-hybridized carbons (Fsp3) is 0.346. The number of thiophene rings is 1. The van der Waals surface area contributed by atoms with Gasteiger partial charge in [-0.05, 0) is 60.5 Å². The van der Waals surface area contributed by atoms with E-state index in [-0.39, 0.29) is 30.2 Å². The Kier molecular flexibility index (Phi) is 7.80. The van der Waals surface area contributed by atoms with E-state index in [2.05, 4.69) is 17.6 Å². The van der Waals surface area contributed by atoms with Crippen LogP contribution in [0, 0.1) is 0 Å². The summed E-state index contributed by atoms with van der Waals surface area (Å²) in [5.41, 5.74) is 1.74. The van der Waals surface area contributed by atoms with Crippen molar-refractivity contribution >= 4 is 34.7 Å². The molecule has 7 nitrogen and oxygen atoms in total. The maximum atomic E-state index is 13.6. The number of nitrogens with zero attached hydrogens (tertiary/aromatic N) is 1. The van der Waals surface area contributed by atoms with Gasteiger partial charge in [0.15, 0.2) is 5.76 Å². The number of anilines is 1. The maximum absolute atomic E-state index is 13.6. The van der Waals surface area contributed by atoms with Crippen molar-refractivity contribution in [2.45, 2.75) is 51.1 Å². The average Bonchev–Trinajstić information content (AvgIpc) is 3.64. The van der Waals surface area contributed by atoms with Crippen LogP contribution in [0.5, 0.6) is 0 Å². The van der Waals surface area contributed by atoms with Gasteiger partial charge < -0.3 is 15.1 Å². The van der Waals surface area contributed by atoms with Crippen molar-refractivity contribution in [3.05, 3.63) is 76.4 Å². The van der Waals surface area contributed by atoms with E-state index < -0.39 is 11.9 Å². The van der Waals surface area contributed by atoms with E-state index in [4.69, 9.17) is 4.42 Å². The minimum absolute atomic E-state index is 0.119. The molecule has 0 unspecified atom stereocenters. The Morgan fingerprint density at radius 1 is 1.09 bits per heavy atom. The van der Waals surface area contributed by atoms with Gasteiger partial charge in [0.25, 0.3) is 5.91 Å². The van der Waals surface area contributed by atoms with Crippen LogP contribution >= 0.6 is 11.3 Å². The standard InChI is InChI=1S/C26H29N3O4S/c1-2-18-11-13-20(14-12-18)29(23(30)17-27-25(31)21-9-5-15-33-21)24(22-10-6-16-34-22)26(32)28-19-7-3-4-8-19/h5-6,9-16,19,24H,2-4,7-8,17H2,1H3,(H,27,31)(H,28,32)/t24-/m0/s1. The van der Waals surface area contributed by atoms with Crippen molar-refractivity contribution in [2.24, 2.45) is 0 Å². The number of amides is 3. The number of rotatable bonds is 9. The highest BCUT2D eigenvalue weighted by Gasteiger charge is 2.35. The second-order valence-corrected chi connectivity index (χ2v) is 9.33. The lowest BCUT2D eigenvalue weighted by Gasteiger charge is -2.31. The molecule has 4 rings (SSSR count). The van der Waals surface area contributed by atoms with Gasteiger partial charge in [0, 0.05) is 16.6 Å². The maximum Gasteiger partial charge on any atom is 0.287 e. The highest BCUT2D eigenvalue weighted by Crippen LogP contribution is 2.32. The van der Waals surface area contributed by atoms with Crippen LogP contribution in [0.15, 0.2) is 64.6 Å². The first-order valence-electron chi connectivity index (χ1n) is 11.6. The van der Waals surface area contributed by atoms with Gasteiger partial charge in [-0.25, -0.2) is 0 Å². The van der Waals surface area contributed by atoms with Crippen LogP contribution in [-0.2, 0) is 16.0 Å². The zero-order valence-corrected chi connectivity index (χ0v) is 20.0. The Labute approximate surface area is 203 Å². The summed E-state index contributed by atoms with van der Waals surface area (Å²) in [6, 6.07) is 13.8. The molecule has 34 heavy (non-hydrogen) atoms. The number of aryl methyl sites for hydroxylation is 1. The summed E-state index contributed by atoms with van der Waals surface area (Å²) in [4.78, 5) is 41.7. The van der Waals surface area contributed by atoms with E-state index >= 15 is 0 Å². The molecule has 2 aromatic heterocycles. The van der Waals surface area contributed by atoms with Crippen LogP contribution in [0.4, 0.5) is 5.69 Å². The molecule has 178 valence electrons. The molecule has 1 fully saturated rings. The Balaban J connectivity index is 1.63. The Morgan fingerprint density at radius 3 is 2.47 bits per heavy atom. The Bertz CT molecular complexity index is 1090. The van der Waals surface area contributed by atoms with E-state index in [1.807, 2.05) is 41.8 Å². The average molecular weight is 480 g/mol. The number of hydrogen-bond acceptors (Lipinski definition) is 5. The normalized spacial score (nSPS) is 14.5. The SMILES string of the molecule is CCc1ccc(N(C(=O)CNC(=O)c2ccco2)[C@H](C(=O)NC2CCCC2)c2cccs2)cc1. The van der Waals surface area contributed by atoms with Gasteiger partial charge in [-0.3, -0.25) is 19.3 Å². The van der Waals surface area contributed by atoms with Crippen molar-refractivity contribution in [1.82, 2.24) is 10.6 Å². The van der Waals surface area contributed by atoms with Gasteiger partial charge in [-0.15, -0.1) is 11.3 Å². The zero-order valence-electron chi connectivity index (χ0n) is 19.2. The molecular weight excluding hydrogens is 450 g/mol. The summed E-state index contributed by atoms with van der Waals surface area (Å²) in [6.45, 7) is 1.79. The van der Waals surface area contributed by atoms with Gasteiger partial charge in [0.2, 0.25) is 11.8 Å². The van der Waals surface area contributed by atoms with Crippen molar-refractivity contribution in [3.8, 4) is 0 Å². The molecule has 0 radical (unpaired) electrons. The molecule has 1 aromatic carbocycles. The van der Waals surface area contributed by atoms with E-state index in [0.717, 1.165) is 42.5 Å². The lowest BCUT2D eigenvalue weighted by atomic mass is 10.1. The summed E-state index contributed by atoms with van der Waals surface area (Å²) in [5.74, 6) is -0.952. The fourth-order valence-corrected chi connectivity index (χ4v) is 5.05. The smallest absolute Gasteiger partial charge is 0.287 e. The number of benzene rings is 1. The lowest BCUT2D eigenvalue weighted by Crippen LogP contribution is -2.49. The highest BCUT2D eigenvalue weighted by molar-refractivity contribution is 7.10. The van der Waals surface area contributed by atoms with Gasteiger partial charge in [-0.2, -0.15) is 0 Å². The van der Waals surface area contributed by atoms with Crippen molar-refractivity contribution in [3.63, 3.8) is 0 Å². The molecule has 2 N–H and O–H groups in total. The molecule has 0 saturated heterocycles. The third-order valence-electron chi connectivity index (χ3n) is 6.06. The monoisotopic (exact) mass is 479 g/mol. The van der Waals surface area contributed by atoms with E-state index in [0.29, 0.717) is 5.69 Å². The second kappa shape index (κ2) is 11.2. The van der Waals surface area contributed by atoms with Crippen LogP contribution < -0.4 is 15.5 Å². The molecule has 1 aliphatic rings. The molecule has 0 spiro atoms. The highest BCUT2D eigenvalue weighted by atomic mass is 32.1. The fourth-order valence-electron chi connectivity index (χ4n) is 4.24. The van der Waals surface area contributed by atoms with E-state index in [1.165, 1.54) is 28.6 Å². The van der Waals surface area contributed by atoms with Crippen molar-refractivity contribution in [1.29, 1.82) is 0 Å². The second-order valence-electron chi connectivity index (χ2n) is 8.35. The molecule has 2 heterocycles. The third-order valence-corrected chi connectivity index (χ3v) is 6.98. The zero-order chi connectivity index (χ0) is 23.9. The minimum atomic E-state index is -0.832. The summed E-state index contributed by atoms with van der Waals surface area (Å²) < 4.78 is 5.12. The van der Waals surface area contributed by atoms with Crippen LogP contribution in [-0.4, -0.2) is 30.3 Å². The summed E-state index contributed by atoms with van der Waals surface area (Å²) >= 11 is 1.43. The van der Waals surface area contributed by atoms with Gasteiger partial charge in [-0.1, -0.05) is 38.0 Å². The van der Waals surface area contributed by atoms with Crippen LogP contribution in [0.1, 0.15) is 59.6 Å². The van der Waals surface area contributed by atoms with Gasteiger partial charge in [0.05, 0.1) is 12.8 Å². The molecule has 1 atom stereocenters. The Hall–Kier alpha value is -3.39. The Morgan fingerprint density at radius 2 is 1.85 bits per heavy atom. The molecule has 0 bridgehead atoms. The summed E-state index contributed by atoms with van der Waals surface area (Å²) in [7, 11) is 0. The molecule has 1 aliphatic carbocycles. The minimum Gasteiger partial charge on any atom is -0.459 e. The number of nitrogens with one attached hydrogen (secondary N) is 2. The van der Waals surface area contributed by atoms with Crippen LogP contribution in [0.3, 0.4) is 0 Å². The number of furan rings is 1. The number of carbonyl (C=O) groups excluding carboxylic acids is 3. The van der Waals surface area contributed by atoms with E-state index in [9.17, 15) is 14.4 Å². The molecule has 3 aromatic rings. The largest absolute Gasteiger partial charge is 0.459 e. The van der Waals surface area contributed by atoms with Crippen LogP contribution in [0.25, 0.3) is 0 Å². The first-order valence-corrected chi connectivity index (χ1v) is 12.5. The summed E-state index contributed by atoms with van der Waals surface area (Å²) in [6.07, 6.45) is 6.34. The van der Waals surface area contributed by atoms with Gasteiger partial charge >= 0.3 is 0 Å². The van der Waals surface area contributed by atoms with Crippen molar-refractivity contribution in [2.75, 3.05) is 11.4 Å². The lowest BCUT2D eigenvalue weighted by molar-refractivity contribution is -0.126. The molecule has 3 amide bonds. The number of hydrogen-bond donors (Lipinski definition) is 2. The molecule has 8 heteroatoms. The molecular formula is C26H29N3O4S. The van der Waals surface area contributed by atoms with Gasteiger partial charge in [0.1, 0.15) is 6.04 Å². The predicted molar refractivity (Wildman–Crippen MR) is 132 cm³/mol. The molecule has 1 saturated carbocycles. The first-order chi connectivity index (χ1) is 16.6.